The summed E-state index contributed by atoms with van der Waals surface area (Å²) >= 11 is 4.90. The molecule has 7 heteroatoms. The van der Waals surface area contributed by atoms with Gasteiger partial charge in [0.05, 0.1) is 11.3 Å². The van der Waals surface area contributed by atoms with Crippen LogP contribution in [0.25, 0.3) is 0 Å². The van der Waals surface area contributed by atoms with E-state index in [0.717, 1.165) is 5.56 Å². The van der Waals surface area contributed by atoms with E-state index < -0.39 is 17.5 Å². The number of hydrogen-bond acceptors (Lipinski definition) is 3. The fourth-order valence-corrected chi connectivity index (χ4v) is 1.97. The summed E-state index contributed by atoms with van der Waals surface area (Å²) in [5.41, 5.74) is 6.49. The van der Waals surface area contributed by atoms with Gasteiger partial charge in [0.15, 0.2) is 11.6 Å². The number of anilines is 2. The van der Waals surface area contributed by atoms with Gasteiger partial charge in [-0.05, 0) is 18.6 Å². The lowest BCUT2D eigenvalue weighted by atomic mass is 10.1. The number of aryl methyl sites for hydroxylation is 1. The highest BCUT2D eigenvalue weighted by molar-refractivity contribution is 7.80. The van der Waals surface area contributed by atoms with Gasteiger partial charge in [0.1, 0.15) is 16.6 Å². The normalized spacial score (nSPS) is 10.4. The number of nitrogens with zero attached hydrogens (tertiary/aromatic N) is 1. The third kappa shape index (κ3) is 2.72. The summed E-state index contributed by atoms with van der Waals surface area (Å²) in [6.45, 7) is 1.75. The summed E-state index contributed by atoms with van der Waals surface area (Å²) in [6.07, 6.45) is 1.47. The molecule has 0 spiro atoms. The lowest BCUT2D eigenvalue weighted by molar-refractivity contribution is 0.496. The summed E-state index contributed by atoms with van der Waals surface area (Å²) in [5, 5.41) is 2.57. The highest BCUT2D eigenvalue weighted by Gasteiger charge is 2.14. The minimum Gasteiger partial charge on any atom is -0.389 e. The van der Waals surface area contributed by atoms with Gasteiger partial charge >= 0.3 is 0 Å². The molecule has 3 N–H and O–H groups in total. The molecule has 0 radical (unpaired) electrons. The van der Waals surface area contributed by atoms with Gasteiger partial charge < -0.3 is 11.1 Å². The minimum absolute atomic E-state index is 0.0705. The van der Waals surface area contributed by atoms with Crippen LogP contribution in [0.3, 0.4) is 0 Å². The molecule has 0 aliphatic carbocycles. The molecule has 3 nitrogen and oxygen atoms in total. The lowest BCUT2D eigenvalue weighted by Crippen LogP contribution is -2.15. The molecular weight excluding hydrogens is 287 g/mol. The topological polar surface area (TPSA) is 50.9 Å². The first-order chi connectivity index (χ1) is 9.40. The predicted molar refractivity (Wildman–Crippen MR) is 74.5 cm³/mol. The van der Waals surface area contributed by atoms with E-state index in [0.29, 0.717) is 17.7 Å². The number of aromatic nitrogens is 1. The summed E-state index contributed by atoms with van der Waals surface area (Å²) < 4.78 is 39.6. The first-order valence-electron chi connectivity index (χ1n) is 5.57. The maximum Gasteiger partial charge on any atom is 0.161 e. The molecule has 0 unspecified atom stereocenters. The molecule has 0 fully saturated rings. The number of nitrogens with two attached hydrogens (primary N) is 1. The van der Waals surface area contributed by atoms with E-state index in [-0.39, 0.29) is 16.5 Å². The van der Waals surface area contributed by atoms with Crippen molar-refractivity contribution in [3.05, 3.63) is 53.0 Å². The molecule has 2 aromatic rings. The number of benzene rings is 1. The van der Waals surface area contributed by atoms with Crippen LogP contribution >= 0.6 is 12.2 Å². The molecule has 0 aliphatic heterocycles. The van der Waals surface area contributed by atoms with Crippen LogP contribution in [0.15, 0.2) is 24.4 Å². The van der Waals surface area contributed by atoms with Crippen LogP contribution < -0.4 is 11.1 Å². The zero-order valence-electron chi connectivity index (χ0n) is 10.4. The second-order valence-corrected chi connectivity index (χ2v) is 4.53. The molecule has 20 heavy (non-hydrogen) atoms. The van der Waals surface area contributed by atoms with Crippen molar-refractivity contribution in [2.45, 2.75) is 6.92 Å². The van der Waals surface area contributed by atoms with Crippen LogP contribution in [0.5, 0.6) is 0 Å². The van der Waals surface area contributed by atoms with Crippen molar-refractivity contribution in [3.63, 3.8) is 0 Å². The molecule has 2 rings (SSSR count). The second kappa shape index (κ2) is 5.46. The van der Waals surface area contributed by atoms with Crippen molar-refractivity contribution in [2.24, 2.45) is 5.73 Å². The Hall–Kier alpha value is -2.15. The van der Waals surface area contributed by atoms with Gasteiger partial charge in [-0.1, -0.05) is 12.2 Å². The molecule has 0 amide bonds. The third-order valence-corrected chi connectivity index (χ3v) is 2.87. The summed E-state index contributed by atoms with van der Waals surface area (Å²) in [5.74, 6) is -3.19. The zero-order valence-corrected chi connectivity index (χ0v) is 11.2. The van der Waals surface area contributed by atoms with Crippen molar-refractivity contribution in [1.82, 2.24) is 4.98 Å². The fraction of sp³-hybridized carbons (Fsp3) is 0.0769. The lowest BCUT2D eigenvalue weighted by Gasteiger charge is -2.13. The van der Waals surface area contributed by atoms with E-state index in [9.17, 15) is 13.2 Å². The molecule has 1 aromatic heterocycles. The molecule has 0 bridgehead atoms. The summed E-state index contributed by atoms with van der Waals surface area (Å²) in [4.78, 5) is 4.06. The monoisotopic (exact) mass is 297 g/mol. The Labute approximate surface area is 118 Å². The standard InChI is InChI=1S/C13H10F3N3S/c1-6-2-3-18-13(11(6)12(17)20)19-10-5-8(15)7(14)4-9(10)16/h2-5H,1H3,(H2,17,20)(H,18,19). The maximum absolute atomic E-state index is 13.6. The van der Waals surface area contributed by atoms with Crippen LogP contribution in [0.2, 0.25) is 0 Å². The smallest absolute Gasteiger partial charge is 0.161 e. The third-order valence-electron chi connectivity index (χ3n) is 2.67. The average molecular weight is 297 g/mol. The molecule has 0 saturated carbocycles. The summed E-state index contributed by atoms with van der Waals surface area (Å²) in [6, 6.07) is 2.84. The van der Waals surface area contributed by atoms with Crippen molar-refractivity contribution in [1.29, 1.82) is 0 Å². The van der Waals surface area contributed by atoms with Gasteiger partial charge in [0, 0.05) is 18.3 Å². The van der Waals surface area contributed by atoms with Crippen LogP contribution in [-0.2, 0) is 0 Å². The van der Waals surface area contributed by atoms with E-state index in [2.05, 4.69) is 10.3 Å². The van der Waals surface area contributed by atoms with E-state index in [1.165, 1.54) is 6.20 Å². The van der Waals surface area contributed by atoms with Gasteiger partial charge in [-0.3, -0.25) is 0 Å². The SMILES string of the molecule is Cc1ccnc(Nc2cc(F)c(F)cc2F)c1C(N)=S. The largest absolute Gasteiger partial charge is 0.389 e. The zero-order chi connectivity index (χ0) is 14.9. The van der Waals surface area contributed by atoms with E-state index in [1.54, 1.807) is 13.0 Å². The number of nitrogens with one attached hydrogen (secondary N) is 1. The molecule has 0 aliphatic rings. The Kier molecular flexibility index (Phi) is 3.89. The number of hydrogen-bond donors (Lipinski definition) is 2. The Morgan fingerprint density at radius 1 is 1.20 bits per heavy atom. The quantitative estimate of drug-likeness (QED) is 0.675. The minimum atomic E-state index is -1.26. The van der Waals surface area contributed by atoms with Crippen molar-refractivity contribution in [3.8, 4) is 0 Å². The first kappa shape index (κ1) is 14.3. The van der Waals surface area contributed by atoms with Gasteiger partial charge in [-0.15, -0.1) is 0 Å². The predicted octanol–water partition coefficient (Wildman–Crippen LogP) is 3.19. The highest BCUT2D eigenvalue weighted by Crippen LogP contribution is 2.25. The molecule has 1 heterocycles. The van der Waals surface area contributed by atoms with E-state index in [4.69, 9.17) is 18.0 Å². The van der Waals surface area contributed by atoms with Crippen molar-refractivity contribution < 1.29 is 13.2 Å². The maximum atomic E-state index is 13.6. The number of halogens is 3. The van der Waals surface area contributed by atoms with Crippen molar-refractivity contribution >= 4 is 28.7 Å². The van der Waals surface area contributed by atoms with Crippen LogP contribution in [-0.4, -0.2) is 9.97 Å². The second-order valence-electron chi connectivity index (χ2n) is 4.09. The fourth-order valence-electron chi connectivity index (χ4n) is 1.71. The average Bonchev–Trinajstić information content (AvgIpc) is 2.35. The van der Waals surface area contributed by atoms with Gasteiger partial charge in [0.25, 0.3) is 0 Å². The molecule has 104 valence electrons. The highest BCUT2D eigenvalue weighted by atomic mass is 32.1. The number of rotatable bonds is 3. The van der Waals surface area contributed by atoms with Crippen LogP contribution in [0.1, 0.15) is 11.1 Å². The van der Waals surface area contributed by atoms with Gasteiger partial charge in [0.2, 0.25) is 0 Å². The van der Waals surface area contributed by atoms with Crippen LogP contribution in [0, 0.1) is 24.4 Å². The van der Waals surface area contributed by atoms with Crippen molar-refractivity contribution in [2.75, 3.05) is 5.32 Å². The first-order valence-corrected chi connectivity index (χ1v) is 5.98. The molecular formula is C13H10F3N3S. The molecule has 0 saturated heterocycles. The van der Waals surface area contributed by atoms with E-state index in [1.807, 2.05) is 0 Å². The van der Waals surface area contributed by atoms with Gasteiger partial charge in [-0.25, -0.2) is 18.2 Å². The number of thiocarbonyl (C=S) groups is 1. The Bertz CT molecular complexity index is 689. The van der Waals surface area contributed by atoms with Crippen LogP contribution in [0.4, 0.5) is 24.7 Å². The Morgan fingerprint density at radius 2 is 1.85 bits per heavy atom. The number of pyridine rings is 1. The summed E-state index contributed by atoms with van der Waals surface area (Å²) in [7, 11) is 0. The molecule has 1 aromatic carbocycles. The van der Waals surface area contributed by atoms with Gasteiger partial charge in [-0.2, -0.15) is 0 Å². The Balaban J connectivity index is 2.48. The molecule has 0 atom stereocenters. The Morgan fingerprint density at radius 3 is 2.50 bits per heavy atom. The van der Waals surface area contributed by atoms with E-state index >= 15 is 0 Å².